The average Bonchev–Trinajstić information content (AvgIpc) is 3.26. The molecule has 122 valence electrons. The lowest BCUT2D eigenvalue weighted by Crippen LogP contribution is -1.81. The smallest absolute Gasteiger partial charge is 0.0551 e. The summed E-state index contributed by atoms with van der Waals surface area (Å²) in [7, 11) is 0. The molecule has 0 aliphatic rings. The normalized spacial score (nSPS) is 11.8. The van der Waals surface area contributed by atoms with E-state index in [1.54, 1.807) is 0 Å². The molecule has 0 spiro atoms. The molecule has 0 atom stereocenters. The van der Waals surface area contributed by atoms with Crippen LogP contribution in [0, 0.1) is 0 Å². The van der Waals surface area contributed by atoms with Crippen LogP contribution in [-0.2, 0) is 0 Å². The molecule has 26 heavy (non-hydrogen) atoms. The molecule has 0 saturated heterocycles. The molecule has 0 saturated carbocycles. The lowest BCUT2D eigenvalue weighted by molar-refractivity contribution is 1.54. The van der Waals surface area contributed by atoms with Crippen molar-refractivity contribution < 1.29 is 0 Å². The Morgan fingerprint density at radius 2 is 1.35 bits per heavy atom. The molecular weight excluding hydrogens is 334 g/mol. The minimum absolute atomic E-state index is 1.20. The molecule has 6 rings (SSSR count). The van der Waals surface area contributed by atoms with Crippen molar-refractivity contribution in [3.05, 3.63) is 84.9 Å². The van der Waals surface area contributed by atoms with Gasteiger partial charge in [0.15, 0.2) is 0 Å². The highest BCUT2D eigenvalue weighted by atomic mass is 32.1. The minimum Gasteiger partial charge on any atom is -0.354 e. The predicted octanol–water partition coefficient (Wildman–Crippen LogP) is 7.36. The SMILES string of the molecule is c1ccc(-c2cc3sc4ccccc4c3c3c2[nH]c2ccccc23)cc1. The summed E-state index contributed by atoms with van der Waals surface area (Å²) in [6.07, 6.45) is 0. The Labute approximate surface area is 154 Å². The van der Waals surface area contributed by atoms with Gasteiger partial charge in [0, 0.05) is 42.0 Å². The average molecular weight is 349 g/mol. The first kappa shape index (κ1) is 14.1. The van der Waals surface area contributed by atoms with E-state index < -0.39 is 0 Å². The molecule has 0 unspecified atom stereocenters. The molecule has 0 aliphatic carbocycles. The minimum atomic E-state index is 1.20. The van der Waals surface area contributed by atoms with Crippen LogP contribution in [0.2, 0.25) is 0 Å². The standard InChI is InChI=1S/C24H15NS/c1-2-8-15(9-3-1)18-14-21-22(17-11-5-7-13-20(17)26-21)23-16-10-4-6-12-19(16)25-24(18)23/h1-14,25H. The molecule has 0 aliphatic heterocycles. The van der Waals surface area contributed by atoms with Gasteiger partial charge in [0.05, 0.1) is 5.52 Å². The van der Waals surface area contributed by atoms with Crippen molar-refractivity contribution in [2.45, 2.75) is 0 Å². The first-order valence-electron chi connectivity index (χ1n) is 8.80. The molecule has 0 radical (unpaired) electrons. The van der Waals surface area contributed by atoms with Gasteiger partial charge in [0.2, 0.25) is 0 Å². The maximum atomic E-state index is 3.70. The van der Waals surface area contributed by atoms with E-state index in [1.807, 2.05) is 11.3 Å². The number of aromatic amines is 1. The zero-order valence-electron chi connectivity index (χ0n) is 14.0. The van der Waals surface area contributed by atoms with Gasteiger partial charge in [-0.2, -0.15) is 0 Å². The molecular formula is C24H15NS. The Bertz CT molecular complexity index is 1420. The van der Waals surface area contributed by atoms with Gasteiger partial charge >= 0.3 is 0 Å². The Morgan fingerprint density at radius 3 is 2.23 bits per heavy atom. The van der Waals surface area contributed by atoms with Crippen molar-refractivity contribution in [3.8, 4) is 11.1 Å². The largest absolute Gasteiger partial charge is 0.354 e. The third-order valence-electron chi connectivity index (χ3n) is 5.21. The third-order valence-corrected chi connectivity index (χ3v) is 6.33. The van der Waals surface area contributed by atoms with Crippen molar-refractivity contribution in [3.63, 3.8) is 0 Å². The molecule has 0 amide bonds. The summed E-state index contributed by atoms with van der Waals surface area (Å²) < 4.78 is 2.70. The molecule has 0 bridgehead atoms. The Kier molecular flexibility index (Phi) is 2.82. The van der Waals surface area contributed by atoms with Crippen molar-refractivity contribution >= 4 is 53.3 Å². The number of hydrogen-bond acceptors (Lipinski definition) is 1. The number of thiophene rings is 1. The fraction of sp³-hybridized carbons (Fsp3) is 0. The van der Waals surface area contributed by atoms with E-state index in [1.165, 1.54) is 53.1 Å². The van der Waals surface area contributed by atoms with Gasteiger partial charge in [-0.1, -0.05) is 66.7 Å². The monoisotopic (exact) mass is 349 g/mol. The lowest BCUT2D eigenvalue weighted by Gasteiger charge is -2.06. The van der Waals surface area contributed by atoms with Gasteiger partial charge in [-0.15, -0.1) is 11.3 Å². The van der Waals surface area contributed by atoms with Crippen LogP contribution in [-0.4, -0.2) is 4.98 Å². The van der Waals surface area contributed by atoms with Gasteiger partial charge in [-0.25, -0.2) is 0 Å². The number of rotatable bonds is 1. The summed E-state index contributed by atoms with van der Waals surface area (Å²) in [6, 6.07) is 30.4. The first-order valence-corrected chi connectivity index (χ1v) is 9.62. The second-order valence-electron chi connectivity index (χ2n) is 6.68. The van der Waals surface area contributed by atoms with Gasteiger partial charge in [0.1, 0.15) is 0 Å². The molecule has 0 fully saturated rings. The molecule has 2 heterocycles. The van der Waals surface area contributed by atoms with Crippen LogP contribution < -0.4 is 0 Å². The number of nitrogens with one attached hydrogen (secondary N) is 1. The number of benzene rings is 4. The Hall–Kier alpha value is -3.10. The highest BCUT2D eigenvalue weighted by Crippen LogP contribution is 2.44. The fourth-order valence-electron chi connectivity index (χ4n) is 4.08. The number of para-hydroxylation sites is 1. The number of aromatic nitrogens is 1. The van der Waals surface area contributed by atoms with E-state index in [-0.39, 0.29) is 0 Å². The summed E-state index contributed by atoms with van der Waals surface area (Å²) in [6.45, 7) is 0. The van der Waals surface area contributed by atoms with Crippen LogP contribution in [0.3, 0.4) is 0 Å². The van der Waals surface area contributed by atoms with Crippen LogP contribution in [0.15, 0.2) is 84.9 Å². The Balaban J connectivity index is 1.92. The maximum Gasteiger partial charge on any atom is 0.0551 e. The van der Waals surface area contributed by atoms with Crippen LogP contribution in [0.5, 0.6) is 0 Å². The molecule has 4 aromatic carbocycles. The summed E-state index contributed by atoms with van der Waals surface area (Å²) in [5.74, 6) is 0. The van der Waals surface area contributed by atoms with E-state index in [0.717, 1.165) is 0 Å². The first-order chi connectivity index (χ1) is 12.9. The molecule has 1 nitrogen and oxygen atoms in total. The zero-order chi connectivity index (χ0) is 17.1. The number of hydrogen-bond donors (Lipinski definition) is 1. The quantitative estimate of drug-likeness (QED) is 0.319. The van der Waals surface area contributed by atoms with Gasteiger partial charge in [-0.3, -0.25) is 0 Å². The molecule has 6 aromatic rings. The summed E-state index contributed by atoms with van der Waals surface area (Å²) in [5.41, 5.74) is 4.95. The summed E-state index contributed by atoms with van der Waals surface area (Å²) in [4.78, 5) is 3.70. The van der Waals surface area contributed by atoms with Crippen LogP contribution in [0.25, 0.3) is 53.1 Å². The second-order valence-corrected chi connectivity index (χ2v) is 7.77. The van der Waals surface area contributed by atoms with Crippen molar-refractivity contribution in [2.24, 2.45) is 0 Å². The van der Waals surface area contributed by atoms with Gasteiger partial charge in [0.25, 0.3) is 0 Å². The molecule has 1 N–H and O–H groups in total. The lowest BCUT2D eigenvalue weighted by atomic mass is 9.98. The van der Waals surface area contributed by atoms with E-state index in [4.69, 9.17) is 0 Å². The molecule has 2 aromatic heterocycles. The van der Waals surface area contributed by atoms with E-state index in [2.05, 4.69) is 89.9 Å². The maximum absolute atomic E-state index is 3.70. The summed E-state index contributed by atoms with van der Waals surface area (Å²) >= 11 is 1.88. The summed E-state index contributed by atoms with van der Waals surface area (Å²) in [5, 5.41) is 5.36. The topological polar surface area (TPSA) is 15.8 Å². The van der Waals surface area contributed by atoms with Gasteiger partial charge < -0.3 is 4.98 Å². The number of H-pyrrole nitrogens is 1. The fourth-order valence-corrected chi connectivity index (χ4v) is 5.23. The third kappa shape index (κ3) is 1.85. The van der Waals surface area contributed by atoms with Crippen molar-refractivity contribution in [2.75, 3.05) is 0 Å². The van der Waals surface area contributed by atoms with E-state index in [9.17, 15) is 0 Å². The molecule has 2 heteroatoms. The highest BCUT2D eigenvalue weighted by Gasteiger charge is 2.17. The number of fused-ring (bicyclic) bond motifs is 7. The second kappa shape index (κ2) is 5.20. The Morgan fingerprint density at radius 1 is 0.615 bits per heavy atom. The van der Waals surface area contributed by atoms with Crippen LogP contribution >= 0.6 is 11.3 Å². The van der Waals surface area contributed by atoms with Gasteiger partial charge in [-0.05, 0) is 23.8 Å². The highest BCUT2D eigenvalue weighted by molar-refractivity contribution is 7.26. The van der Waals surface area contributed by atoms with Crippen molar-refractivity contribution in [1.82, 2.24) is 4.98 Å². The predicted molar refractivity (Wildman–Crippen MR) is 114 cm³/mol. The zero-order valence-corrected chi connectivity index (χ0v) is 14.8. The van der Waals surface area contributed by atoms with E-state index in [0.29, 0.717) is 0 Å². The van der Waals surface area contributed by atoms with Crippen LogP contribution in [0.1, 0.15) is 0 Å². The van der Waals surface area contributed by atoms with E-state index >= 15 is 0 Å². The van der Waals surface area contributed by atoms with Crippen molar-refractivity contribution in [1.29, 1.82) is 0 Å². The van der Waals surface area contributed by atoms with Crippen LogP contribution in [0.4, 0.5) is 0 Å².